The zero-order valence-electron chi connectivity index (χ0n) is 22.2. The summed E-state index contributed by atoms with van der Waals surface area (Å²) < 4.78 is 0. The number of hydrogen-bond donors (Lipinski definition) is 2. The number of nitrogens with one attached hydrogen (secondary N) is 1. The van der Waals surface area contributed by atoms with E-state index in [1.807, 2.05) is 80.3 Å². The largest absolute Gasteiger partial charge is 0.369 e. The van der Waals surface area contributed by atoms with E-state index in [1.54, 1.807) is 0 Å². The highest BCUT2D eigenvalue weighted by Gasteiger charge is 2.40. The highest BCUT2D eigenvalue weighted by atomic mass is 16.2. The number of nitrogens with two attached hydrogens (primary N) is 1. The molecule has 7 heteroatoms. The molecule has 3 unspecified atom stereocenters. The Kier molecular flexibility index (Phi) is 8.52. The number of primary amides is 1. The third kappa shape index (κ3) is 6.32. The minimum Gasteiger partial charge on any atom is -0.369 e. The van der Waals surface area contributed by atoms with Crippen LogP contribution in [0.2, 0.25) is 0 Å². The topological polar surface area (TPSA) is 95.7 Å². The molecule has 0 radical (unpaired) electrons. The summed E-state index contributed by atoms with van der Waals surface area (Å²) in [5.74, 6) is -1.28. The summed E-state index contributed by atoms with van der Waals surface area (Å²) in [6, 6.07) is 17.1. The first kappa shape index (κ1) is 26.7. The van der Waals surface area contributed by atoms with E-state index < -0.39 is 23.8 Å². The summed E-state index contributed by atoms with van der Waals surface area (Å²) in [5, 5.41) is 3.09. The number of hydrogen-bond acceptors (Lipinski definition) is 4. The number of carbonyl (C=O) groups excluding carboxylic acids is 3. The Balaban J connectivity index is 1.70. The Hall–Kier alpha value is -3.35. The lowest BCUT2D eigenvalue weighted by Gasteiger charge is -2.30. The number of para-hydroxylation sites is 3. The van der Waals surface area contributed by atoms with Crippen LogP contribution in [0, 0.1) is 23.7 Å². The maximum atomic E-state index is 14.1. The van der Waals surface area contributed by atoms with Crippen molar-refractivity contribution in [3.63, 3.8) is 0 Å². The maximum Gasteiger partial charge on any atom is 0.251 e. The van der Waals surface area contributed by atoms with Gasteiger partial charge in [-0.1, -0.05) is 57.5 Å². The lowest BCUT2D eigenvalue weighted by Crippen LogP contribution is -2.54. The number of benzene rings is 2. The van der Waals surface area contributed by atoms with Gasteiger partial charge in [0, 0.05) is 24.1 Å². The Morgan fingerprint density at radius 2 is 1.65 bits per heavy atom. The highest BCUT2D eigenvalue weighted by molar-refractivity contribution is 6.04. The van der Waals surface area contributed by atoms with Crippen molar-refractivity contribution in [1.82, 2.24) is 5.32 Å². The van der Waals surface area contributed by atoms with E-state index in [0.29, 0.717) is 31.8 Å². The molecule has 0 spiro atoms. The summed E-state index contributed by atoms with van der Waals surface area (Å²) in [6.45, 7) is 6.99. The number of amides is 3. The Morgan fingerprint density at radius 1 is 1.00 bits per heavy atom. The summed E-state index contributed by atoms with van der Waals surface area (Å²) in [4.78, 5) is 44.1. The first-order chi connectivity index (χ1) is 17.8. The zero-order chi connectivity index (χ0) is 26.5. The Labute approximate surface area is 220 Å². The number of anilines is 3. The lowest BCUT2D eigenvalue weighted by molar-refractivity contribution is -0.136. The number of nitrogens with zero attached hydrogens (tertiary/aromatic N) is 2. The van der Waals surface area contributed by atoms with Gasteiger partial charge in [-0.25, -0.2) is 0 Å². The van der Waals surface area contributed by atoms with Crippen LogP contribution >= 0.6 is 0 Å². The predicted molar refractivity (Wildman–Crippen MR) is 147 cm³/mol. The fourth-order valence-corrected chi connectivity index (χ4v) is 5.39. The van der Waals surface area contributed by atoms with Gasteiger partial charge in [0.15, 0.2) is 0 Å². The molecule has 1 aliphatic heterocycles. The third-order valence-electron chi connectivity index (χ3n) is 7.43. The molecule has 7 nitrogen and oxygen atoms in total. The van der Waals surface area contributed by atoms with Gasteiger partial charge in [0.1, 0.15) is 6.04 Å². The molecule has 2 aromatic rings. The molecule has 3 amide bonds. The Bertz CT molecular complexity index is 1100. The van der Waals surface area contributed by atoms with Crippen molar-refractivity contribution in [2.24, 2.45) is 29.4 Å². The molecule has 0 bridgehead atoms. The van der Waals surface area contributed by atoms with Gasteiger partial charge in [-0.3, -0.25) is 14.4 Å². The summed E-state index contributed by atoms with van der Waals surface area (Å²) in [6.07, 6.45) is 4.06. The van der Waals surface area contributed by atoms with Gasteiger partial charge >= 0.3 is 0 Å². The first-order valence-electron chi connectivity index (χ1n) is 13.6. The highest BCUT2D eigenvalue weighted by Crippen LogP contribution is 2.40. The molecule has 198 valence electrons. The molecule has 1 fully saturated rings. The second-order valence-corrected chi connectivity index (χ2v) is 10.9. The third-order valence-corrected chi connectivity index (χ3v) is 7.43. The van der Waals surface area contributed by atoms with Crippen molar-refractivity contribution in [2.45, 2.75) is 58.9 Å². The average Bonchev–Trinajstić information content (AvgIpc) is 3.72. The maximum absolute atomic E-state index is 14.1. The van der Waals surface area contributed by atoms with Crippen molar-refractivity contribution in [3.05, 3.63) is 54.6 Å². The molecule has 0 aromatic heterocycles. The van der Waals surface area contributed by atoms with Crippen LogP contribution in [-0.4, -0.2) is 36.9 Å². The van der Waals surface area contributed by atoms with Crippen molar-refractivity contribution < 1.29 is 14.4 Å². The van der Waals surface area contributed by atoms with E-state index in [1.165, 1.54) is 0 Å². The van der Waals surface area contributed by atoms with E-state index in [4.69, 9.17) is 5.73 Å². The van der Waals surface area contributed by atoms with Crippen molar-refractivity contribution in [1.29, 1.82) is 0 Å². The molecule has 3 N–H and O–H groups in total. The monoisotopic (exact) mass is 504 g/mol. The van der Waals surface area contributed by atoms with E-state index in [0.717, 1.165) is 36.3 Å². The second-order valence-electron chi connectivity index (χ2n) is 10.9. The molecule has 2 aliphatic rings. The van der Waals surface area contributed by atoms with Crippen molar-refractivity contribution >= 4 is 34.8 Å². The van der Waals surface area contributed by atoms with E-state index in [2.05, 4.69) is 10.2 Å². The molecule has 3 atom stereocenters. The van der Waals surface area contributed by atoms with Crippen LogP contribution in [0.3, 0.4) is 0 Å². The van der Waals surface area contributed by atoms with Crippen LogP contribution in [0.4, 0.5) is 17.1 Å². The zero-order valence-corrected chi connectivity index (χ0v) is 22.2. The smallest absolute Gasteiger partial charge is 0.251 e. The second kappa shape index (κ2) is 11.8. The molecular weight excluding hydrogens is 464 g/mol. The van der Waals surface area contributed by atoms with Gasteiger partial charge in [0.05, 0.1) is 17.9 Å². The molecule has 2 aromatic carbocycles. The number of carbonyl (C=O) groups is 3. The van der Waals surface area contributed by atoms with Gasteiger partial charge in [0.2, 0.25) is 11.8 Å². The fraction of sp³-hybridized carbons (Fsp3) is 0.500. The number of rotatable bonds is 11. The normalized spacial score (nSPS) is 19.2. The molecule has 1 heterocycles. The lowest BCUT2D eigenvalue weighted by atomic mass is 9.81. The molecular formula is C30H40N4O3. The van der Waals surface area contributed by atoms with E-state index in [-0.39, 0.29) is 17.7 Å². The predicted octanol–water partition coefficient (Wildman–Crippen LogP) is 4.63. The summed E-state index contributed by atoms with van der Waals surface area (Å²) in [7, 11) is 0. The molecule has 4 rings (SSSR count). The average molecular weight is 505 g/mol. The van der Waals surface area contributed by atoms with Crippen molar-refractivity contribution in [2.75, 3.05) is 22.9 Å². The Morgan fingerprint density at radius 3 is 2.24 bits per heavy atom. The van der Waals surface area contributed by atoms with Crippen molar-refractivity contribution in [3.8, 4) is 0 Å². The summed E-state index contributed by atoms with van der Waals surface area (Å²) in [5.41, 5.74) is 8.52. The number of fused-ring (bicyclic) bond motifs is 1. The van der Waals surface area contributed by atoms with Gasteiger partial charge in [-0.2, -0.15) is 0 Å². The van der Waals surface area contributed by atoms with Gasteiger partial charge in [-0.05, 0) is 61.8 Å². The summed E-state index contributed by atoms with van der Waals surface area (Å²) >= 11 is 0. The standard InChI is InChI=1S/C30H40N4O3/c1-4-10-23(28(31)35)24(17-20(2)3)29(36)32-25-19-33(22-11-6-5-7-12-22)26-13-8-9-14-27(26)34(30(25)37)18-21-15-16-21/h5-9,11-14,20-21,23-25H,4,10,15-19H2,1-3H3,(H2,31,35)(H,32,36). The van der Waals surface area contributed by atoms with E-state index >= 15 is 0 Å². The molecule has 1 aliphatic carbocycles. The van der Waals surface area contributed by atoms with Crippen LogP contribution in [-0.2, 0) is 14.4 Å². The van der Waals surface area contributed by atoms with Crippen LogP contribution in [0.15, 0.2) is 54.6 Å². The van der Waals surface area contributed by atoms with Crippen LogP contribution < -0.4 is 20.9 Å². The van der Waals surface area contributed by atoms with Gasteiger partial charge in [0.25, 0.3) is 5.91 Å². The minimum absolute atomic E-state index is 0.111. The van der Waals surface area contributed by atoms with Crippen LogP contribution in [0.1, 0.15) is 52.9 Å². The molecule has 0 saturated heterocycles. The first-order valence-corrected chi connectivity index (χ1v) is 13.6. The van der Waals surface area contributed by atoms with E-state index in [9.17, 15) is 14.4 Å². The minimum atomic E-state index is -0.760. The SMILES string of the molecule is CCCC(C(N)=O)C(CC(C)C)C(=O)NC1CN(c2ccccc2)c2ccccc2N(CC2CC2)C1=O. The van der Waals surface area contributed by atoms with Gasteiger partial charge in [-0.15, -0.1) is 0 Å². The quantitative estimate of drug-likeness (QED) is 0.466. The van der Waals surface area contributed by atoms with Gasteiger partial charge < -0.3 is 20.9 Å². The van der Waals surface area contributed by atoms with Crippen LogP contribution in [0.25, 0.3) is 0 Å². The molecule has 37 heavy (non-hydrogen) atoms. The fourth-order valence-electron chi connectivity index (χ4n) is 5.39. The molecule has 1 saturated carbocycles. The van der Waals surface area contributed by atoms with Crippen LogP contribution in [0.5, 0.6) is 0 Å².